The number of halogens is 1. The zero-order valence-electron chi connectivity index (χ0n) is 14.6. The lowest BCUT2D eigenvalue weighted by atomic mass is 9.76. The Morgan fingerprint density at radius 3 is 2.24 bits per heavy atom. The van der Waals surface area contributed by atoms with Crippen LogP contribution in [-0.2, 0) is 4.74 Å². The molecule has 4 heteroatoms. The standard InChI is InChI=1S/C21H23BrO3/c1-23-19-11-16-15-5-3-4-6-18(15)25-21(17(16)12-20(19)24-2)13-7-9-14(22)10-8-13/h7-12,15,18,21H,3-6H2,1-2H3/t15-,18-,21-/m1/s1. The fourth-order valence-corrected chi connectivity index (χ4v) is 4.48. The predicted molar refractivity (Wildman–Crippen MR) is 102 cm³/mol. The Bertz CT molecular complexity index is 756. The van der Waals surface area contributed by atoms with Crippen LogP contribution in [0.25, 0.3) is 0 Å². The van der Waals surface area contributed by atoms with Crippen LogP contribution in [0.3, 0.4) is 0 Å². The molecule has 1 aliphatic carbocycles. The molecule has 0 aromatic heterocycles. The zero-order chi connectivity index (χ0) is 17.4. The van der Waals surface area contributed by atoms with Crippen LogP contribution in [0, 0.1) is 0 Å². The normalized spacial score (nSPS) is 25.0. The number of hydrogen-bond acceptors (Lipinski definition) is 3. The lowest BCUT2D eigenvalue weighted by Gasteiger charge is -2.41. The third-order valence-electron chi connectivity index (χ3n) is 5.46. The van der Waals surface area contributed by atoms with Gasteiger partial charge >= 0.3 is 0 Å². The molecule has 2 aliphatic rings. The van der Waals surface area contributed by atoms with E-state index in [1.54, 1.807) is 14.2 Å². The molecule has 0 spiro atoms. The van der Waals surface area contributed by atoms with Gasteiger partial charge in [-0.3, -0.25) is 0 Å². The Labute approximate surface area is 157 Å². The molecule has 0 unspecified atom stereocenters. The van der Waals surface area contributed by atoms with E-state index in [1.165, 1.54) is 36.0 Å². The van der Waals surface area contributed by atoms with Crippen molar-refractivity contribution < 1.29 is 14.2 Å². The van der Waals surface area contributed by atoms with E-state index in [0.717, 1.165) is 22.4 Å². The van der Waals surface area contributed by atoms with E-state index in [9.17, 15) is 0 Å². The molecule has 1 aliphatic heterocycles. The summed E-state index contributed by atoms with van der Waals surface area (Å²) in [5.41, 5.74) is 3.75. The number of fused-ring (bicyclic) bond motifs is 3. The molecular formula is C21H23BrO3. The molecule has 0 N–H and O–H groups in total. The van der Waals surface area contributed by atoms with Crippen molar-refractivity contribution in [3.05, 3.63) is 57.6 Å². The molecule has 3 nitrogen and oxygen atoms in total. The van der Waals surface area contributed by atoms with Crippen molar-refractivity contribution in [2.24, 2.45) is 0 Å². The van der Waals surface area contributed by atoms with Gasteiger partial charge in [-0.1, -0.05) is 40.9 Å². The minimum atomic E-state index is -0.0535. The van der Waals surface area contributed by atoms with Crippen molar-refractivity contribution in [2.75, 3.05) is 14.2 Å². The van der Waals surface area contributed by atoms with Crippen LogP contribution in [0.15, 0.2) is 40.9 Å². The topological polar surface area (TPSA) is 27.7 Å². The highest BCUT2D eigenvalue weighted by Gasteiger charge is 2.38. The highest BCUT2D eigenvalue weighted by atomic mass is 79.9. The zero-order valence-corrected chi connectivity index (χ0v) is 16.2. The van der Waals surface area contributed by atoms with Gasteiger partial charge in [0, 0.05) is 10.4 Å². The van der Waals surface area contributed by atoms with Gasteiger partial charge in [-0.25, -0.2) is 0 Å². The molecule has 0 bridgehead atoms. The average Bonchev–Trinajstić information content (AvgIpc) is 2.67. The van der Waals surface area contributed by atoms with Gasteiger partial charge in [0.25, 0.3) is 0 Å². The molecule has 4 rings (SSSR count). The van der Waals surface area contributed by atoms with Gasteiger partial charge in [0.2, 0.25) is 0 Å². The van der Waals surface area contributed by atoms with Gasteiger partial charge < -0.3 is 14.2 Å². The summed E-state index contributed by atoms with van der Waals surface area (Å²) in [7, 11) is 3.39. The van der Waals surface area contributed by atoms with Gasteiger partial charge in [-0.15, -0.1) is 0 Å². The summed E-state index contributed by atoms with van der Waals surface area (Å²) >= 11 is 3.52. The lowest BCUT2D eigenvalue weighted by molar-refractivity contribution is -0.0391. The van der Waals surface area contributed by atoms with E-state index >= 15 is 0 Å². The van der Waals surface area contributed by atoms with E-state index < -0.39 is 0 Å². The third-order valence-corrected chi connectivity index (χ3v) is 5.99. The van der Waals surface area contributed by atoms with Crippen molar-refractivity contribution >= 4 is 15.9 Å². The Balaban J connectivity index is 1.85. The Morgan fingerprint density at radius 1 is 0.920 bits per heavy atom. The molecule has 0 radical (unpaired) electrons. The number of hydrogen-bond donors (Lipinski definition) is 0. The van der Waals surface area contributed by atoms with Crippen LogP contribution in [-0.4, -0.2) is 20.3 Å². The molecular weight excluding hydrogens is 380 g/mol. The highest BCUT2D eigenvalue weighted by molar-refractivity contribution is 9.10. The second-order valence-electron chi connectivity index (χ2n) is 6.83. The van der Waals surface area contributed by atoms with Crippen LogP contribution in [0.1, 0.15) is 54.4 Å². The Morgan fingerprint density at radius 2 is 1.56 bits per heavy atom. The molecule has 3 atom stereocenters. The summed E-state index contributed by atoms with van der Waals surface area (Å²) in [5, 5.41) is 0. The first-order valence-corrected chi connectivity index (χ1v) is 9.67. The number of benzene rings is 2. The maximum Gasteiger partial charge on any atom is 0.161 e. The minimum absolute atomic E-state index is 0.0535. The molecule has 0 amide bonds. The molecule has 1 fully saturated rings. The first-order valence-electron chi connectivity index (χ1n) is 8.88. The largest absolute Gasteiger partial charge is 0.493 e. The van der Waals surface area contributed by atoms with Crippen molar-refractivity contribution in [1.29, 1.82) is 0 Å². The lowest BCUT2D eigenvalue weighted by Crippen LogP contribution is -2.33. The summed E-state index contributed by atoms with van der Waals surface area (Å²) in [6.45, 7) is 0. The second-order valence-corrected chi connectivity index (χ2v) is 7.75. The summed E-state index contributed by atoms with van der Waals surface area (Å²) < 4.78 is 18.8. The summed E-state index contributed by atoms with van der Waals surface area (Å²) in [6.07, 6.45) is 5.05. The van der Waals surface area contributed by atoms with E-state index in [-0.39, 0.29) is 12.2 Å². The Hall–Kier alpha value is -1.52. The van der Waals surface area contributed by atoms with Gasteiger partial charge in [0.05, 0.1) is 20.3 Å². The van der Waals surface area contributed by atoms with E-state index in [1.807, 2.05) is 0 Å². The van der Waals surface area contributed by atoms with E-state index in [4.69, 9.17) is 14.2 Å². The highest BCUT2D eigenvalue weighted by Crippen LogP contribution is 2.49. The molecule has 25 heavy (non-hydrogen) atoms. The van der Waals surface area contributed by atoms with Gasteiger partial charge in [0.1, 0.15) is 6.10 Å². The monoisotopic (exact) mass is 402 g/mol. The maximum atomic E-state index is 6.60. The van der Waals surface area contributed by atoms with E-state index in [2.05, 4.69) is 52.3 Å². The number of rotatable bonds is 3. The Kier molecular flexibility index (Phi) is 4.74. The second kappa shape index (κ2) is 7.00. The quantitative estimate of drug-likeness (QED) is 0.667. The molecule has 132 valence electrons. The summed E-state index contributed by atoms with van der Waals surface area (Å²) in [6, 6.07) is 12.7. The minimum Gasteiger partial charge on any atom is -0.493 e. The van der Waals surface area contributed by atoms with Gasteiger partial charge in [-0.05, 0) is 53.8 Å². The van der Waals surface area contributed by atoms with Crippen molar-refractivity contribution in [3.63, 3.8) is 0 Å². The summed E-state index contributed by atoms with van der Waals surface area (Å²) in [5.74, 6) is 2.03. The van der Waals surface area contributed by atoms with Crippen molar-refractivity contribution in [1.82, 2.24) is 0 Å². The van der Waals surface area contributed by atoms with Crippen LogP contribution in [0.4, 0.5) is 0 Å². The predicted octanol–water partition coefficient (Wildman–Crippen LogP) is 5.61. The van der Waals surface area contributed by atoms with Gasteiger partial charge in [0.15, 0.2) is 11.5 Å². The molecule has 2 aromatic carbocycles. The van der Waals surface area contributed by atoms with Crippen molar-refractivity contribution in [3.8, 4) is 11.5 Å². The first kappa shape index (κ1) is 16.9. The van der Waals surface area contributed by atoms with Gasteiger partial charge in [-0.2, -0.15) is 0 Å². The van der Waals surface area contributed by atoms with Crippen LogP contribution in [0.2, 0.25) is 0 Å². The van der Waals surface area contributed by atoms with Crippen molar-refractivity contribution in [2.45, 2.75) is 43.8 Å². The molecule has 2 aromatic rings. The number of methoxy groups -OCH3 is 2. The number of ether oxygens (including phenoxy) is 3. The van der Waals surface area contributed by atoms with Crippen LogP contribution >= 0.6 is 15.9 Å². The smallest absolute Gasteiger partial charge is 0.161 e. The SMILES string of the molecule is COc1cc2c(cc1OC)[C@H]1CCCC[C@H]1O[C@@H]2c1ccc(Br)cc1. The molecule has 0 saturated heterocycles. The maximum absolute atomic E-state index is 6.60. The average molecular weight is 403 g/mol. The third kappa shape index (κ3) is 3.06. The van der Waals surface area contributed by atoms with Crippen LogP contribution in [0.5, 0.6) is 11.5 Å². The molecule has 1 saturated carbocycles. The molecule has 1 heterocycles. The van der Waals surface area contributed by atoms with Crippen LogP contribution < -0.4 is 9.47 Å². The first-order chi connectivity index (χ1) is 12.2. The fraction of sp³-hybridized carbons (Fsp3) is 0.429. The summed E-state index contributed by atoms with van der Waals surface area (Å²) in [4.78, 5) is 0. The fourth-order valence-electron chi connectivity index (χ4n) is 4.22. The van der Waals surface area contributed by atoms with E-state index in [0.29, 0.717) is 5.92 Å².